The summed E-state index contributed by atoms with van der Waals surface area (Å²) >= 11 is 6.16. The van der Waals surface area contributed by atoms with Crippen LogP contribution in [-0.4, -0.2) is 40.6 Å². The molecule has 0 unspecified atom stereocenters. The third-order valence-electron chi connectivity index (χ3n) is 6.16. The fourth-order valence-corrected chi connectivity index (χ4v) is 4.98. The molecule has 1 aromatic rings. The van der Waals surface area contributed by atoms with Gasteiger partial charge in [0.1, 0.15) is 5.54 Å². The second-order valence-electron chi connectivity index (χ2n) is 7.68. The molecule has 4 amide bonds. The number of fused-ring (bicyclic) bond motifs is 4. The number of hydrogen-bond acceptors (Lipinski definition) is 5. The lowest BCUT2D eigenvalue weighted by Crippen LogP contribution is -2.54. The second-order valence-corrected chi connectivity index (χ2v) is 8.12. The highest BCUT2D eigenvalue weighted by molar-refractivity contribution is 6.31. The molecule has 0 bridgehead atoms. The highest BCUT2D eigenvalue weighted by Gasteiger charge is 2.70. The van der Waals surface area contributed by atoms with E-state index in [4.69, 9.17) is 17.3 Å². The highest BCUT2D eigenvalue weighted by atomic mass is 35.5. The Hall–Kier alpha value is -2.45. The van der Waals surface area contributed by atoms with Gasteiger partial charge in [-0.3, -0.25) is 29.4 Å². The van der Waals surface area contributed by atoms with Gasteiger partial charge in [-0.05, 0) is 31.5 Å². The Balaban J connectivity index is 1.90. The lowest BCUT2D eigenvalue weighted by atomic mass is 9.76. The number of rotatable bonds is 4. The first-order chi connectivity index (χ1) is 13.2. The molecular formula is C19H21ClN4O4. The van der Waals surface area contributed by atoms with Gasteiger partial charge in [-0.1, -0.05) is 18.5 Å². The normalized spacial score (nSPS) is 31.9. The Morgan fingerprint density at radius 1 is 1.32 bits per heavy atom. The minimum Gasteiger partial charge on any atom is -0.370 e. The lowest BCUT2D eigenvalue weighted by molar-refractivity contribution is -0.145. The first-order valence-corrected chi connectivity index (χ1v) is 9.64. The van der Waals surface area contributed by atoms with E-state index in [9.17, 15) is 19.2 Å². The van der Waals surface area contributed by atoms with E-state index in [2.05, 4.69) is 10.6 Å². The van der Waals surface area contributed by atoms with Gasteiger partial charge in [-0.2, -0.15) is 0 Å². The van der Waals surface area contributed by atoms with Crippen LogP contribution in [0.1, 0.15) is 32.3 Å². The van der Waals surface area contributed by atoms with Gasteiger partial charge < -0.3 is 11.1 Å². The van der Waals surface area contributed by atoms with E-state index < -0.39 is 41.1 Å². The molecule has 1 aromatic carbocycles. The molecule has 148 valence electrons. The monoisotopic (exact) mass is 404 g/mol. The fraction of sp³-hybridized carbons (Fsp3) is 0.474. The summed E-state index contributed by atoms with van der Waals surface area (Å²) in [5.74, 6) is -3.63. The minimum absolute atomic E-state index is 0.153. The third kappa shape index (κ3) is 2.34. The maximum Gasteiger partial charge on any atom is 0.250 e. The van der Waals surface area contributed by atoms with E-state index in [1.807, 2.05) is 6.92 Å². The van der Waals surface area contributed by atoms with Gasteiger partial charge in [0.05, 0.1) is 11.8 Å². The van der Waals surface area contributed by atoms with Crippen molar-refractivity contribution in [1.82, 2.24) is 10.2 Å². The van der Waals surface area contributed by atoms with Crippen LogP contribution in [0.2, 0.25) is 5.02 Å². The number of carbonyl (C=O) groups is 4. The number of hydrogen-bond donors (Lipinski definition) is 3. The Morgan fingerprint density at radius 3 is 2.68 bits per heavy atom. The van der Waals surface area contributed by atoms with Crippen molar-refractivity contribution in [3.05, 3.63) is 28.8 Å². The summed E-state index contributed by atoms with van der Waals surface area (Å²) in [5, 5.41) is 6.31. The molecule has 2 fully saturated rings. The maximum absolute atomic E-state index is 13.4. The molecule has 2 saturated heterocycles. The number of primary amides is 1. The van der Waals surface area contributed by atoms with Crippen LogP contribution in [-0.2, 0) is 24.7 Å². The number of anilines is 1. The van der Waals surface area contributed by atoms with Crippen molar-refractivity contribution in [2.75, 3.05) is 5.32 Å². The van der Waals surface area contributed by atoms with Gasteiger partial charge in [0.15, 0.2) is 0 Å². The molecule has 4 N–H and O–H groups in total. The molecule has 0 aromatic heterocycles. The molecule has 4 rings (SSSR count). The van der Waals surface area contributed by atoms with Gasteiger partial charge in [0.2, 0.25) is 23.6 Å². The minimum atomic E-state index is -1.46. The Kier molecular flexibility index (Phi) is 4.24. The smallest absolute Gasteiger partial charge is 0.250 e. The zero-order valence-corrected chi connectivity index (χ0v) is 16.2. The average molecular weight is 405 g/mol. The van der Waals surface area contributed by atoms with Crippen molar-refractivity contribution >= 4 is 40.9 Å². The molecule has 1 spiro atoms. The summed E-state index contributed by atoms with van der Waals surface area (Å²) in [6, 6.07) is 3.90. The van der Waals surface area contributed by atoms with Crippen LogP contribution in [0.3, 0.4) is 0 Å². The number of carbonyl (C=O) groups excluding carboxylic acids is 4. The van der Waals surface area contributed by atoms with E-state index >= 15 is 0 Å². The number of amides is 4. The molecular weight excluding hydrogens is 384 g/mol. The largest absolute Gasteiger partial charge is 0.370 e. The maximum atomic E-state index is 13.4. The number of halogens is 1. The summed E-state index contributed by atoms with van der Waals surface area (Å²) < 4.78 is 0. The molecule has 9 heteroatoms. The highest BCUT2D eigenvalue weighted by Crippen LogP contribution is 2.54. The number of benzene rings is 1. The van der Waals surface area contributed by atoms with Gasteiger partial charge in [-0.25, -0.2) is 0 Å². The summed E-state index contributed by atoms with van der Waals surface area (Å²) in [7, 11) is 0. The molecule has 5 atom stereocenters. The van der Waals surface area contributed by atoms with Crippen LogP contribution in [0, 0.1) is 11.8 Å². The van der Waals surface area contributed by atoms with E-state index in [0.717, 1.165) is 0 Å². The predicted molar refractivity (Wildman–Crippen MR) is 101 cm³/mol. The first-order valence-electron chi connectivity index (χ1n) is 9.26. The van der Waals surface area contributed by atoms with Crippen molar-refractivity contribution in [3.8, 4) is 0 Å². The van der Waals surface area contributed by atoms with Crippen LogP contribution < -0.4 is 16.4 Å². The molecule has 0 aliphatic carbocycles. The number of nitrogens with zero attached hydrogens (tertiary/aromatic N) is 1. The van der Waals surface area contributed by atoms with Crippen LogP contribution in [0.25, 0.3) is 0 Å². The van der Waals surface area contributed by atoms with E-state index in [1.165, 1.54) is 4.90 Å². The lowest BCUT2D eigenvalue weighted by Gasteiger charge is -2.31. The number of nitrogens with two attached hydrogens (primary N) is 1. The summed E-state index contributed by atoms with van der Waals surface area (Å²) in [5.41, 5.74) is 4.97. The summed E-state index contributed by atoms with van der Waals surface area (Å²) in [4.78, 5) is 52.5. The molecule has 3 aliphatic heterocycles. The molecule has 3 heterocycles. The Labute approximate surface area is 166 Å². The third-order valence-corrected chi connectivity index (χ3v) is 6.40. The van der Waals surface area contributed by atoms with E-state index in [-0.39, 0.29) is 18.4 Å². The Morgan fingerprint density at radius 2 is 2.04 bits per heavy atom. The molecule has 28 heavy (non-hydrogen) atoms. The van der Waals surface area contributed by atoms with Crippen molar-refractivity contribution in [1.29, 1.82) is 0 Å². The molecule has 8 nitrogen and oxygen atoms in total. The van der Waals surface area contributed by atoms with Crippen molar-refractivity contribution in [3.63, 3.8) is 0 Å². The topological polar surface area (TPSA) is 122 Å². The Bertz CT molecular complexity index is 919. The molecule has 0 radical (unpaired) electrons. The van der Waals surface area contributed by atoms with Crippen LogP contribution in [0.4, 0.5) is 5.69 Å². The van der Waals surface area contributed by atoms with Crippen molar-refractivity contribution in [2.45, 2.75) is 44.3 Å². The molecule has 3 aliphatic rings. The second kappa shape index (κ2) is 6.28. The zero-order chi connectivity index (χ0) is 20.4. The van der Waals surface area contributed by atoms with Gasteiger partial charge in [0.25, 0.3) is 0 Å². The van der Waals surface area contributed by atoms with Gasteiger partial charge in [0, 0.05) is 34.8 Å². The van der Waals surface area contributed by atoms with E-state index in [0.29, 0.717) is 22.7 Å². The molecule has 0 saturated carbocycles. The fourth-order valence-electron chi connectivity index (χ4n) is 4.80. The SMILES string of the molecule is CC[C@H](C)N1C(=O)[C@H]2[C@@H](C1=O)[C@@]1(N[C@@H]2CC(N)=O)C(=O)Nc2ccc(Cl)cc21. The zero-order valence-electron chi connectivity index (χ0n) is 15.5. The average Bonchev–Trinajstić information content (AvgIpc) is 3.20. The summed E-state index contributed by atoms with van der Waals surface area (Å²) in [6.07, 6.45) is 0.436. The van der Waals surface area contributed by atoms with Gasteiger partial charge in [-0.15, -0.1) is 0 Å². The number of nitrogens with one attached hydrogen (secondary N) is 2. The van der Waals surface area contributed by atoms with Crippen LogP contribution in [0.15, 0.2) is 18.2 Å². The quantitative estimate of drug-likeness (QED) is 0.639. The standard InChI is InChI=1S/C19H21ClN4O4/c1-3-8(2)24-16(26)14-12(7-13(21)25)23-19(15(14)17(24)27)10-6-9(20)4-5-11(10)22-18(19)28/h4-6,8,12,14-15,23H,3,7H2,1-2H3,(H2,21,25)(H,22,28)/t8-,12+,14+,15-,19+/m0/s1. The van der Waals surface area contributed by atoms with Crippen molar-refractivity contribution < 1.29 is 19.2 Å². The first kappa shape index (κ1) is 18.9. The van der Waals surface area contributed by atoms with Crippen LogP contribution in [0.5, 0.6) is 0 Å². The van der Waals surface area contributed by atoms with Crippen molar-refractivity contribution in [2.24, 2.45) is 17.6 Å². The number of imide groups is 1. The predicted octanol–water partition coefficient (Wildman–Crippen LogP) is 0.734. The van der Waals surface area contributed by atoms with E-state index in [1.54, 1.807) is 25.1 Å². The van der Waals surface area contributed by atoms with Gasteiger partial charge >= 0.3 is 0 Å². The summed E-state index contributed by atoms with van der Waals surface area (Å²) in [6.45, 7) is 3.67. The van der Waals surface area contributed by atoms with Crippen LogP contribution >= 0.6 is 11.6 Å². The number of likely N-dealkylation sites (tertiary alicyclic amines) is 1.